The zero-order chi connectivity index (χ0) is 19.4. The van der Waals surface area contributed by atoms with Crippen LogP contribution in [0.3, 0.4) is 0 Å². The van der Waals surface area contributed by atoms with Crippen molar-refractivity contribution in [2.45, 2.75) is 32.6 Å². The third-order valence-corrected chi connectivity index (χ3v) is 4.83. The van der Waals surface area contributed by atoms with Crippen LogP contribution < -0.4 is 5.32 Å². The van der Waals surface area contributed by atoms with Crippen molar-refractivity contribution in [1.82, 2.24) is 9.96 Å². The molecule has 0 atom stereocenters. The number of halogens is 1. The van der Waals surface area contributed by atoms with Crippen molar-refractivity contribution < 1.29 is 14.4 Å². The van der Waals surface area contributed by atoms with Crippen LogP contribution in [0.1, 0.15) is 32.6 Å². The van der Waals surface area contributed by atoms with Crippen molar-refractivity contribution in [1.29, 1.82) is 0 Å². The third kappa shape index (κ3) is 8.78. The van der Waals surface area contributed by atoms with E-state index in [0.717, 1.165) is 23.9 Å². The number of nitrogens with zero attached hydrogens (tertiary/aromatic N) is 2. The van der Waals surface area contributed by atoms with Gasteiger partial charge in [0.25, 0.3) is 5.24 Å². The first kappa shape index (κ1) is 22.6. The number of benzene rings is 1. The average molecular weight is 402 g/mol. The van der Waals surface area contributed by atoms with E-state index in [1.165, 1.54) is 51.6 Å². The SMILES string of the molecule is CCSC(=O)N1CCCCCC1.CON(C)C(=O)Nc1ccc(Cl)cc1. The van der Waals surface area contributed by atoms with Gasteiger partial charge in [-0.15, -0.1) is 0 Å². The van der Waals surface area contributed by atoms with Crippen molar-refractivity contribution in [3.63, 3.8) is 0 Å². The molecule has 1 N–H and O–H groups in total. The van der Waals surface area contributed by atoms with E-state index < -0.39 is 0 Å². The van der Waals surface area contributed by atoms with Gasteiger partial charge >= 0.3 is 6.03 Å². The number of hydrogen-bond donors (Lipinski definition) is 1. The Bertz CT molecular complexity index is 549. The molecule has 1 aliphatic rings. The monoisotopic (exact) mass is 401 g/mol. The number of amides is 3. The Balaban J connectivity index is 0.000000263. The highest BCUT2D eigenvalue weighted by Gasteiger charge is 2.14. The molecule has 0 unspecified atom stereocenters. The van der Waals surface area contributed by atoms with E-state index in [1.54, 1.807) is 24.3 Å². The van der Waals surface area contributed by atoms with Crippen LogP contribution in [0.25, 0.3) is 0 Å². The van der Waals surface area contributed by atoms with Gasteiger partial charge in [-0.1, -0.05) is 43.1 Å². The minimum Gasteiger partial charge on any atom is -0.334 e. The van der Waals surface area contributed by atoms with Gasteiger partial charge in [-0.3, -0.25) is 9.63 Å². The topological polar surface area (TPSA) is 61.9 Å². The molecule has 1 heterocycles. The van der Waals surface area contributed by atoms with Crippen LogP contribution in [0.4, 0.5) is 15.3 Å². The maximum absolute atomic E-state index is 11.4. The van der Waals surface area contributed by atoms with Gasteiger partial charge in [0, 0.05) is 30.8 Å². The lowest BCUT2D eigenvalue weighted by atomic mass is 10.2. The molecular formula is C18H28ClN3O3S. The summed E-state index contributed by atoms with van der Waals surface area (Å²) in [5.74, 6) is 0.898. The minimum absolute atomic E-state index is 0.277. The molecule has 1 aromatic carbocycles. The van der Waals surface area contributed by atoms with Gasteiger partial charge in [-0.25, -0.2) is 9.86 Å². The van der Waals surface area contributed by atoms with Gasteiger partial charge in [-0.05, 0) is 42.9 Å². The predicted molar refractivity (Wildman–Crippen MR) is 109 cm³/mol. The van der Waals surface area contributed by atoms with Crippen molar-refractivity contribution in [2.24, 2.45) is 0 Å². The summed E-state index contributed by atoms with van der Waals surface area (Å²) in [5, 5.41) is 4.62. The molecule has 1 aliphatic heterocycles. The largest absolute Gasteiger partial charge is 0.345 e. The first-order valence-corrected chi connectivity index (χ1v) is 10.1. The minimum atomic E-state index is -0.338. The lowest BCUT2D eigenvalue weighted by molar-refractivity contribution is -0.0598. The molecule has 0 saturated carbocycles. The Hall–Kier alpha value is -1.44. The second-order valence-corrected chi connectivity index (χ2v) is 7.37. The number of carbonyl (C=O) groups is 2. The lowest BCUT2D eigenvalue weighted by Gasteiger charge is -2.18. The van der Waals surface area contributed by atoms with Crippen LogP contribution >= 0.6 is 23.4 Å². The van der Waals surface area contributed by atoms with Crippen LogP contribution in [-0.4, -0.2) is 54.2 Å². The Morgan fingerprint density at radius 1 is 1.19 bits per heavy atom. The van der Waals surface area contributed by atoms with Crippen LogP contribution in [-0.2, 0) is 4.84 Å². The molecule has 8 heteroatoms. The molecule has 3 amide bonds. The lowest BCUT2D eigenvalue weighted by Crippen LogP contribution is -2.30. The van der Waals surface area contributed by atoms with E-state index >= 15 is 0 Å². The van der Waals surface area contributed by atoms with E-state index in [0.29, 0.717) is 10.7 Å². The number of rotatable bonds is 3. The summed E-state index contributed by atoms with van der Waals surface area (Å²) >= 11 is 7.12. The molecule has 1 fully saturated rings. The average Bonchev–Trinajstić information content (AvgIpc) is 2.93. The highest BCUT2D eigenvalue weighted by atomic mass is 35.5. The smallest absolute Gasteiger partial charge is 0.334 e. The maximum atomic E-state index is 11.4. The normalized spacial score (nSPS) is 13.9. The zero-order valence-corrected chi connectivity index (χ0v) is 17.2. The number of thioether (sulfide) groups is 1. The molecule has 1 aromatic rings. The van der Waals surface area contributed by atoms with Crippen molar-refractivity contribution in [3.05, 3.63) is 29.3 Å². The van der Waals surface area contributed by atoms with E-state index in [2.05, 4.69) is 5.32 Å². The highest BCUT2D eigenvalue weighted by molar-refractivity contribution is 8.13. The van der Waals surface area contributed by atoms with Crippen molar-refractivity contribution in [2.75, 3.05) is 38.3 Å². The Kier molecular flexibility index (Phi) is 11.2. The fourth-order valence-electron chi connectivity index (χ4n) is 2.29. The summed E-state index contributed by atoms with van der Waals surface area (Å²) in [6, 6.07) is 6.48. The first-order valence-electron chi connectivity index (χ1n) is 8.74. The number of hydrogen-bond acceptors (Lipinski definition) is 4. The summed E-state index contributed by atoms with van der Waals surface area (Å²) in [7, 11) is 2.94. The van der Waals surface area contributed by atoms with Gasteiger partial charge in [-0.2, -0.15) is 0 Å². The summed E-state index contributed by atoms with van der Waals surface area (Å²) < 4.78 is 0. The second kappa shape index (κ2) is 12.8. The predicted octanol–water partition coefficient (Wildman–Crippen LogP) is 5.10. The Morgan fingerprint density at radius 2 is 1.77 bits per heavy atom. The van der Waals surface area contributed by atoms with Gasteiger partial charge in [0.05, 0.1) is 7.11 Å². The van der Waals surface area contributed by atoms with E-state index in [-0.39, 0.29) is 11.3 Å². The van der Waals surface area contributed by atoms with E-state index in [4.69, 9.17) is 16.4 Å². The molecule has 1 saturated heterocycles. The van der Waals surface area contributed by atoms with Crippen molar-refractivity contribution >= 4 is 40.3 Å². The van der Waals surface area contributed by atoms with Gasteiger partial charge in [0.1, 0.15) is 0 Å². The van der Waals surface area contributed by atoms with E-state index in [1.807, 2.05) is 11.8 Å². The Labute approximate surface area is 165 Å². The molecule has 0 aromatic heterocycles. The zero-order valence-electron chi connectivity index (χ0n) is 15.7. The first-order chi connectivity index (χ1) is 12.5. The van der Waals surface area contributed by atoms with Crippen LogP contribution in [0.5, 0.6) is 0 Å². The molecule has 0 radical (unpaired) electrons. The summed E-state index contributed by atoms with van der Waals surface area (Å²) in [6.45, 7) is 3.98. The van der Waals surface area contributed by atoms with Crippen molar-refractivity contribution in [3.8, 4) is 0 Å². The van der Waals surface area contributed by atoms with Gasteiger partial charge in [0.15, 0.2) is 0 Å². The summed E-state index contributed by atoms with van der Waals surface area (Å²) in [5.41, 5.74) is 0.670. The van der Waals surface area contributed by atoms with Crippen LogP contribution in [0.15, 0.2) is 24.3 Å². The number of hydroxylamine groups is 2. The van der Waals surface area contributed by atoms with Crippen LogP contribution in [0, 0.1) is 0 Å². The molecule has 146 valence electrons. The molecule has 0 aliphatic carbocycles. The Morgan fingerprint density at radius 3 is 2.27 bits per heavy atom. The molecule has 26 heavy (non-hydrogen) atoms. The fraction of sp³-hybridized carbons (Fsp3) is 0.556. The fourth-order valence-corrected chi connectivity index (χ4v) is 3.02. The molecule has 0 spiro atoms. The summed E-state index contributed by atoms with van der Waals surface area (Å²) in [6.07, 6.45) is 4.97. The second-order valence-electron chi connectivity index (χ2n) is 5.72. The number of urea groups is 1. The maximum Gasteiger partial charge on any atom is 0.345 e. The quantitative estimate of drug-likeness (QED) is 0.715. The molecule has 6 nitrogen and oxygen atoms in total. The standard InChI is InChI=1S/C9H11ClN2O2.C9H17NOS/c1-12(14-2)9(13)11-8-5-3-7(10)4-6-8;1-2-12-9(11)10-7-5-3-4-6-8-10/h3-6H,1-2H3,(H,11,13);2-8H2,1H3. The molecular weight excluding hydrogens is 374 g/mol. The summed E-state index contributed by atoms with van der Waals surface area (Å²) in [4.78, 5) is 29.4. The molecule has 2 rings (SSSR count). The third-order valence-electron chi connectivity index (χ3n) is 3.79. The number of nitrogens with one attached hydrogen (secondary N) is 1. The van der Waals surface area contributed by atoms with E-state index in [9.17, 15) is 9.59 Å². The van der Waals surface area contributed by atoms with Crippen LogP contribution in [0.2, 0.25) is 5.02 Å². The number of likely N-dealkylation sites (tertiary alicyclic amines) is 1. The highest BCUT2D eigenvalue weighted by Crippen LogP contribution is 2.15. The molecule has 0 bridgehead atoms. The number of anilines is 1. The van der Waals surface area contributed by atoms with Gasteiger partial charge < -0.3 is 10.2 Å². The number of carbonyl (C=O) groups excluding carboxylic acids is 2. The van der Waals surface area contributed by atoms with Gasteiger partial charge in [0.2, 0.25) is 0 Å².